The molecule has 0 spiro atoms. The van der Waals surface area contributed by atoms with E-state index in [1.165, 1.54) is 12.1 Å². The fraction of sp³-hybridized carbons (Fsp3) is 0.412. The summed E-state index contributed by atoms with van der Waals surface area (Å²) in [5, 5.41) is 15.6. The van der Waals surface area contributed by atoms with E-state index in [1.807, 2.05) is 0 Å². The van der Waals surface area contributed by atoms with Gasteiger partial charge in [-0.1, -0.05) is 19.1 Å². The Bertz CT molecular complexity index is 631. The van der Waals surface area contributed by atoms with Crippen molar-refractivity contribution in [2.75, 3.05) is 26.2 Å². The number of morpholine rings is 1. The molecule has 2 heterocycles. The molecule has 136 valence electrons. The predicted molar refractivity (Wildman–Crippen MR) is 85.4 cm³/mol. The molecule has 8 heteroatoms. The number of rotatable bonds is 4. The fourth-order valence-corrected chi connectivity index (χ4v) is 2.71. The molecule has 1 aromatic carbocycles. The van der Waals surface area contributed by atoms with Crippen LogP contribution >= 0.6 is 0 Å². The van der Waals surface area contributed by atoms with Crippen molar-refractivity contribution in [3.63, 3.8) is 0 Å². The van der Waals surface area contributed by atoms with Gasteiger partial charge in [-0.2, -0.15) is 0 Å². The number of ether oxygens (including phenoxy) is 2. The third kappa shape index (κ3) is 5.09. The standard InChI is InChI=1S/C13H16FNO2.C4H4O4/c1-2-15-7-12-8-16-13(9-15,17-12)10-3-5-11(14)6-4-10;5-3(6)1-2-4(7)8/h3-6,12H,2,7-9H2,1H3;1-2H,(H,5,6)(H,7,8)/b;2-1+. The van der Waals surface area contributed by atoms with Crippen molar-refractivity contribution in [3.8, 4) is 0 Å². The number of likely N-dealkylation sites (N-methyl/N-ethyl adjacent to an activating group) is 1. The van der Waals surface area contributed by atoms with Crippen molar-refractivity contribution >= 4 is 11.9 Å². The van der Waals surface area contributed by atoms with Gasteiger partial charge in [-0.3, -0.25) is 4.90 Å². The summed E-state index contributed by atoms with van der Waals surface area (Å²) < 4.78 is 24.7. The number of benzene rings is 1. The van der Waals surface area contributed by atoms with Gasteiger partial charge in [-0.15, -0.1) is 0 Å². The molecule has 2 unspecified atom stereocenters. The summed E-state index contributed by atoms with van der Waals surface area (Å²) >= 11 is 0. The summed E-state index contributed by atoms with van der Waals surface area (Å²) in [7, 11) is 0. The number of halogens is 1. The van der Waals surface area contributed by atoms with Crippen LogP contribution in [0.1, 0.15) is 12.5 Å². The van der Waals surface area contributed by atoms with E-state index in [9.17, 15) is 14.0 Å². The molecule has 2 bridgehead atoms. The Morgan fingerprint density at radius 3 is 2.40 bits per heavy atom. The van der Waals surface area contributed by atoms with Crippen LogP contribution < -0.4 is 0 Å². The van der Waals surface area contributed by atoms with Crippen molar-refractivity contribution < 1.29 is 33.7 Å². The van der Waals surface area contributed by atoms with Crippen LogP contribution in [0, 0.1) is 5.82 Å². The van der Waals surface area contributed by atoms with Gasteiger partial charge in [0.2, 0.25) is 5.79 Å². The zero-order valence-corrected chi connectivity index (χ0v) is 13.7. The highest BCUT2D eigenvalue weighted by Crippen LogP contribution is 2.38. The number of nitrogens with zero attached hydrogens (tertiary/aromatic N) is 1. The summed E-state index contributed by atoms with van der Waals surface area (Å²) in [4.78, 5) is 21.4. The van der Waals surface area contributed by atoms with Crippen LogP contribution in [0.2, 0.25) is 0 Å². The SMILES string of the molecule is CCN1CC2COC(c3ccc(F)cc3)(C1)O2.O=C(O)/C=C/C(=O)O. The molecule has 0 radical (unpaired) electrons. The molecule has 1 aromatic rings. The van der Waals surface area contributed by atoms with Gasteiger partial charge in [0, 0.05) is 24.3 Å². The molecule has 0 aliphatic carbocycles. The number of carbonyl (C=O) groups is 2. The Hall–Kier alpha value is -2.29. The molecule has 2 N–H and O–H groups in total. The summed E-state index contributed by atoms with van der Waals surface area (Å²) in [6.07, 6.45) is 1.25. The van der Waals surface area contributed by atoms with Gasteiger partial charge >= 0.3 is 11.9 Å². The van der Waals surface area contributed by atoms with E-state index < -0.39 is 17.7 Å². The Morgan fingerprint density at radius 1 is 1.28 bits per heavy atom. The van der Waals surface area contributed by atoms with E-state index in [1.54, 1.807) is 12.1 Å². The van der Waals surface area contributed by atoms with E-state index in [0.29, 0.717) is 25.3 Å². The van der Waals surface area contributed by atoms with Gasteiger partial charge in [-0.25, -0.2) is 14.0 Å². The first-order chi connectivity index (χ1) is 11.8. The summed E-state index contributed by atoms with van der Waals surface area (Å²) in [6.45, 7) is 5.36. The van der Waals surface area contributed by atoms with E-state index in [0.717, 1.165) is 18.7 Å². The topological polar surface area (TPSA) is 96.3 Å². The number of hydrogen-bond donors (Lipinski definition) is 2. The maximum Gasteiger partial charge on any atom is 0.328 e. The summed E-state index contributed by atoms with van der Waals surface area (Å²) in [5.41, 5.74) is 0.902. The molecular weight excluding hydrogens is 333 g/mol. The molecule has 2 aliphatic heterocycles. The Kier molecular flexibility index (Phi) is 6.24. The Labute approximate surface area is 144 Å². The van der Waals surface area contributed by atoms with Crippen molar-refractivity contribution in [1.82, 2.24) is 4.90 Å². The number of carboxylic acids is 2. The fourth-order valence-electron chi connectivity index (χ4n) is 2.71. The summed E-state index contributed by atoms with van der Waals surface area (Å²) in [5.74, 6) is -3.44. The van der Waals surface area contributed by atoms with Crippen LogP contribution in [0.3, 0.4) is 0 Å². The highest BCUT2D eigenvalue weighted by Gasteiger charge is 2.48. The molecular formula is C17H20FNO6. The maximum atomic E-state index is 12.9. The van der Waals surface area contributed by atoms with Gasteiger partial charge in [0.25, 0.3) is 0 Å². The molecule has 2 saturated heterocycles. The number of aliphatic carboxylic acids is 2. The third-order valence-electron chi connectivity index (χ3n) is 3.85. The van der Waals surface area contributed by atoms with Crippen molar-refractivity contribution in [3.05, 3.63) is 47.8 Å². The van der Waals surface area contributed by atoms with Crippen molar-refractivity contribution in [1.29, 1.82) is 0 Å². The monoisotopic (exact) mass is 353 g/mol. The lowest BCUT2D eigenvalue weighted by atomic mass is 10.0. The number of hydrogen-bond acceptors (Lipinski definition) is 5. The van der Waals surface area contributed by atoms with Gasteiger partial charge in [-0.05, 0) is 18.7 Å². The minimum absolute atomic E-state index is 0.133. The molecule has 0 aromatic heterocycles. The van der Waals surface area contributed by atoms with Crippen LogP contribution in [0.15, 0.2) is 36.4 Å². The average molecular weight is 353 g/mol. The molecule has 7 nitrogen and oxygen atoms in total. The van der Waals surface area contributed by atoms with Crippen LogP contribution in [-0.2, 0) is 24.8 Å². The van der Waals surface area contributed by atoms with Gasteiger partial charge in [0.1, 0.15) is 5.82 Å². The van der Waals surface area contributed by atoms with Gasteiger partial charge in [0.15, 0.2) is 0 Å². The zero-order chi connectivity index (χ0) is 18.4. The highest BCUT2D eigenvalue weighted by atomic mass is 19.1. The number of carboxylic acid groups (broad SMARTS) is 2. The Morgan fingerprint density at radius 2 is 1.88 bits per heavy atom. The summed E-state index contributed by atoms with van der Waals surface area (Å²) in [6, 6.07) is 6.40. The van der Waals surface area contributed by atoms with Crippen LogP contribution in [-0.4, -0.2) is 59.4 Å². The van der Waals surface area contributed by atoms with Crippen LogP contribution in [0.25, 0.3) is 0 Å². The highest BCUT2D eigenvalue weighted by molar-refractivity contribution is 5.89. The smallest absolute Gasteiger partial charge is 0.328 e. The largest absolute Gasteiger partial charge is 0.478 e. The minimum Gasteiger partial charge on any atom is -0.478 e. The molecule has 3 rings (SSSR count). The molecule has 25 heavy (non-hydrogen) atoms. The van der Waals surface area contributed by atoms with Crippen LogP contribution in [0.4, 0.5) is 4.39 Å². The molecule has 2 fully saturated rings. The van der Waals surface area contributed by atoms with E-state index >= 15 is 0 Å². The second kappa shape index (κ2) is 8.19. The van der Waals surface area contributed by atoms with Crippen molar-refractivity contribution in [2.24, 2.45) is 0 Å². The molecule has 2 aliphatic rings. The predicted octanol–water partition coefficient (Wildman–Crippen LogP) is 1.44. The van der Waals surface area contributed by atoms with Gasteiger partial charge < -0.3 is 19.7 Å². The molecule has 0 saturated carbocycles. The first-order valence-electron chi connectivity index (χ1n) is 7.78. The normalized spacial score (nSPS) is 25.4. The lowest BCUT2D eigenvalue weighted by molar-refractivity contribution is -0.212. The maximum absolute atomic E-state index is 12.9. The Balaban J connectivity index is 0.000000242. The average Bonchev–Trinajstić information content (AvgIpc) is 2.89. The molecule has 2 atom stereocenters. The minimum atomic E-state index is -1.26. The van der Waals surface area contributed by atoms with E-state index in [-0.39, 0.29) is 11.9 Å². The van der Waals surface area contributed by atoms with E-state index in [2.05, 4.69) is 11.8 Å². The quantitative estimate of drug-likeness (QED) is 0.791. The second-order valence-corrected chi connectivity index (χ2v) is 5.65. The van der Waals surface area contributed by atoms with Crippen LogP contribution in [0.5, 0.6) is 0 Å². The first-order valence-corrected chi connectivity index (χ1v) is 7.78. The number of fused-ring (bicyclic) bond motifs is 2. The zero-order valence-electron chi connectivity index (χ0n) is 13.7. The third-order valence-corrected chi connectivity index (χ3v) is 3.85. The lowest BCUT2D eigenvalue weighted by Gasteiger charge is -2.38. The van der Waals surface area contributed by atoms with E-state index in [4.69, 9.17) is 19.7 Å². The lowest BCUT2D eigenvalue weighted by Crippen LogP contribution is -2.49. The second-order valence-electron chi connectivity index (χ2n) is 5.65. The van der Waals surface area contributed by atoms with Gasteiger partial charge in [0.05, 0.1) is 19.3 Å². The first kappa shape index (κ1) is 19.0. The van der Waals surface area contributed by atoms with Crippen molar-refractivity contribution in [2.45, 2.75) is 18.8 Å². The molecule has 0 amide bonds.